The molecule has 0 saturated heterocycles. The van der Waals surface area contributed by atoms with Gasteiger partial charge in [0.05, 0.1) is 0 Å². The highest BCUT2D eigenvalue weighted by Crippen LogP contribution is 2.53. The number of rotatable bonds is 27. The van der Waals surface area contributed by atoms with E-state index < -0.39 is 0 Å². The van der Waals surface area contributed by atoms with Crippen LogP contribution in [-0.2, 0) is 44.9 Å². The van der Waals surface area contributed by atoms with Gasteiger partial charge in [-0.1, -0.05) is 93.4 Å². The third-order valence-corrected chi connectivity index (χ3v) is 22.1. The average Bonchev–Trinajstić information content (AvgIpc) is 4.17. The minimum absolute atomic E-state index is 1.18. The van der Waals surface area contributed by atoms with Crippen molar-refractivity contribution in [3.63, 3.8) is 0 Å². The SMILES string of the molecule is CCCCc1csc(-c2ccc(-c3sc(-c4ccc(-c5sc(-c6ccc(-c7scc(C)c7CCCC)s6)c(CCCC)c5CCCC)s4)c(CCCC)c3CCCC)s2)c1CCCC. The molecular weight excluding hydrogens is 909 g/mol. The smallest absolute Gasteiger partial charge is 0.0484 e. The highest BCUT2D eigenvalue weighted by molar-refractivity contribution is 7.31. The van der Waals surface area contributed by atoms with E-state index >= 15 is 0 Å². The quantitative estimate of drug-likeness (QED) is 0.0482. The van der Waals surface area contributed by atoms with Crippen LogP contribution < -0.4 is 0 Å². The molecule has 0 aromatic carbocycles. The van der Waals surface area contributed by atoms with Crippen LogP contribution in [0.25, 0.3) is 58.5 Å². The van der Waals surface area contributed by atoms with Gasteiger partial charge in [0, 0.05) is 58.5 Å². The van der Waals surface area contributed by atoms with Crippen molar-refractivity contribution in [1.29, 1.82) is 0 Å². The Bertz CT molecular complexity index is 2490. The van der Waals surface area contributed by atoms with Crippen molar-refractivity contribution >= 4 is 79.4 Å². The molecular formula is C57H74S7. The molecule has 64 heavy (non-hydrogen) atoms. The van der Waals surface area contributed by atoms with Gasteiger partial charge in [-0.15, -0.1) is 79.4 Å². The Kier molecular flexibility index (Phi) is 19.3. The van der Waals surface area contributed by atoms with Gasteiger partial charge in [-0.2, -0.15) is 0 Å². The molecule has 0 aliphatic rings. The van der Waals surface area contributed by atoms with Gasteiger partial charge in [-0.3, -0.25) is 0 Å². The summed E-state index contributed by atoms with van der Waals surface area (Å²) in [6, 6.07) is 14.9. The lowest BCUT2D eigenvalue weighted by molar-refractivity contribution is 0.763. The minimum atomic E-state index is 1.18. The second kappa shape index (κ2) is 24.8. The van der Waals surface area contributed by atoms with E-state index in [0.717, 1.165) is 0 Å². The first kappa shape index (κ1) is 49.8. The van der Waals surface area contributed by atoms with Crippen LogP contribution in [0.5, 0.6) is 0 Å². The number of hydrogen-bond acceptors (Lipinski definition) is 7. The maximum Gasteiger partial charge on any atom is 0.0484 e. The molecule has 344 valence electrons. The predicted octanol–water partition coefficient (Wildman–Crippen LogP) is 21.8. The van der Waals surface area contributed by atoms with Crippen LogP contribution in [-0.4, -0.2) is 0 Å². The molecule has 0 amide bonds. The first-order valence-electron chi connectivity index (χ1n) is 25.2. The van der Waals surface area contributed by atoms with Crippen LogP contribution in [0.3, 0.4) is 0 Å². The molecule has 0 aliphatic carbocycles. The lowest BCUT2D eigenvalue weighted by atomic mass is 9.97. The van der Waals surface area contributed by atoms with Gasteiger partial charge in [0.25, 0.3) is 0 Å². The zero-order chi connectivity index (χ0) is 45.0. The molecule has 0 N–H and O–H groups in total. The van der Waals surface area contributed by atoms with Gasteiger partial charge >= 0.3 is 0 Å². The average molecular weight is 984 g/mol. The maximum absolute atomic E-state index is 2.51. The number of aryl methyl sites for hydroxylation is 2. The summed E-state index contributed by atoms with van der Waals surface area (Å²) < 4.78 is 0. The van der Waals surface area contributed by atoms with Crippen molar-refractivity contribution in [2.75, 3.05) is 0 Å². The fraction of sp³-hybridized carbons (Fsp3) is 0.509. The van der Waals surface area contributed by atoms with Crippen molar-refractivity contribution in [3.05, 3.63) is 91.7 Å². The van der Waals surface area contributed by atoms with Crippen LogP contribution >= 0.6 is 79.4 Å². The third kappa shape index (κ3) is 11.4. The van der Waals surface area contributed by atoms with Crippen molar-refractivity contribution < 1.29 is 0 Å². The molecule has 0 bridgehead atoms. The standard InChI is InChI=1S/C57H74S7/c1-9-16-23-39-37-59-53(41(39)25-18-11-3)47-31-33-49(61-47)55-43(27-20-13-5)45(29-22-15-7)57(64-55)51-35-34-50(62-51)56-44(28-21-14-6)42(26-19-12-4)54(63-56)48-32-30-46(60-48)52-40(24-17-10-2)38(8)36-58-52/h30-37H,9-29H2,1-8H3. The maximum atomic E-state index is 2.51. The first-order chi connectivity index (χ1) is 31.4. The van der Waals surface area contributed by atoms with Crippen molar-refractivity contribution in [1.82, 2.24) is 0 Å². The summed E-state index contributed by atoms with van der Waals surface area (Å²) in [7, 11) is 0. The van der Waals surface area contributed by atoms with Gasteiger partial charge < -0.3 is 0 Å². The fourth-order valence-electron chi connectivity index (χ4n) is 9.18. The van der Waals surface area contributed by atoms with Gasteiger partial charge in [-0.05, 0) is 188 Å². The molecule has 0 nitrogen and oxygen atoms in total. The summed E-state index contributed by atoms with van der Waals surface area (Å²) in [4.78, 5) is 18.1. The second-order valence-electron chi connectivity index (χ2n) is 17.9. The van der Waals surface area contributed by atoms with E-state index in [-0.39, 0.29) is 0 Å². The summed E-state index contributed by atoms with van der Waals surface area (Å²) in [5.41, 5.74) is 12.9. The van der Waals surface area contributed by atoms with Crippen LogP contribution in [0.15, 0.2) is 47.2 Å². The Morgan fingerprint density at radius 3 is 0.938 bits per heavy atom. The van der Waals surface area contributed by atoms with Crippen molar-refractivity contribution in [2.45, 2.75) is 190 Å². The number of thiophene rings is 7. The molecule has 7 aromatic heterocycles. The van der Waals surface area contributed by atoms with Crippen LogP contribution in [0.1, 0.15) is 183 Å². The molecule has 0 aliphatic heterocycles. The molecule has 7 aromatic rings. The molecule has 0 saturated carbocycles. The molecule has 0 fully saturated rings. The summed E-state index contributed by atoms with van der Waals surface area (Å²) in [5.74, 6) is 0. The Labute approximate surface area is 416 Å². The fourth-order valence-corrected chi connectivity index (χ4v) is 18.1. The van der Waals surface area contributed by atoms with Gasteiger partial charge in [-0.25, -0.2) is 0 Å². The molecule has 0 spiro atoms. The van der Waals surface area contributed by atoms with E-state index in [1.807, 2.05) is 34.0 Å². The third-order valence-electron chi connectivity index (χ3n) is 13.0. The van der Waals surface area contributed by atoms with E-state index in [4.69, 9.17) is 0 Å². The Hall–Kier alpha value is -2.10. The van der Waals surface area contributed by atoms with Crippen molar-refractivity contribution in [3.8, 4) is 58.5 Å². The Morgan fingerprint density at radius 2 is 0.578 bits per heavy atom. The minimum Gasteiger partial charge on any atom is -0.142 e. The second-order valence-corrected chi connectivity index (χ2v) is 25.0. The Morgan fingerprint density at radius 1 is 0.297 bits per heavy atom. The van der Waals surface area contributed by atoms with Gasteiger partial charge in [0.15, 0.2) is 0 Å². The summed E-state index contributed by atoms with van der Waals surface area (Å²) in [6.07, 6.45) is 25.8. The monoisotopic (exact) mass is 982 g/mol. The van der Waals surface area contributed by atoms with Gasteiger partial charge in [0.1, 0.15) is 0 Å². The highest BCUT2D eigenvalue weighted by atomic mass is 32.1. The molecule has 7 rings (SSSR count). The van der Waals surface area contributed by atoms with Gasteiger partial charge in [0.2, 0.25) is 0 Å². The van der Waals surface area contributed by atoms with Crippen LogP contribution in [0, 0.1) is 6.92 Å². The lowest BCUT2D eigenvalue weighted by Crippen LogP contribution is -1.94. The zero-order valence-electron chi connectivity index (χ0n) is 40.3. The van der Waals surface area contributed by atoms with E-state index in [2.05, 4.69) is 148 Å². The van der Waals surface area contributed by atoms with Crippen molar-refractivity contribution in [2.24, 2.45) is 0 Å². The molecule has 0 radical (unpaired) electrons. The number of unbranched alkanes of at least 4 members (excludes halogenated alkanes) is 7. The summed E-state index contributed by atoms with van der Waals surface area (Å²) in [5, 5.41) is 4.88. The molecule has 7 heteroatoms. The van der Waals surface area contributed by atoms with Crippen LogP contribution in [0.4, 0.5) is 0 Å². The lowest BCUT2D eigenvalue weighted by Gasteiger charge is -2.09. The van der Waals surface area contributed by atoms with E-state index in [1.165, 1.54) is 175 Å². The Balaban J connectivity index is 1.30. The topological polar surface area (TPSA) is 0 Å². The summed E-state index contributed by atoms with van der Waals surface area (Å²) >= 11 is 14.4. The molecule has 0 atom stereocenters. The molecule has 7 heterocycles. The summed E-state index contributed by atoms with van der Waals surface area (Å²) in [6.45, 7) is 18.7. The first-order valence-corrected chi connectivity index (χ1v) is 31.0. The molecule has 0 unspecified atom stereocenters. The zero-order valence-corrected chi connectivity index (χ0v) is 46.0. The number of hydrogen-bond donors (Lipinski definition) is 0. The van der Waals surface area contributed by atoms with E-state index in [1.54, 1.807) is 63.3 Å². The van der Waals surface area contributed by atoms with E-state index in [0.29, 0.717) is 0 Å². The normalized spacial score (nSPS) is 11.8. The van der Waals surface area contributed by atoms with E-state index in [9.17, 15) is 0 Å². The van der Waals surface area contributed by atoms with Crippen LogP contribution in [0.2, 0.25) is 0 Å². The largest absolute Gasteiger partial charge is 0.142 e. The predicted molar refractivity (Wildman–Crippen MR) is 299 cm³/mol. The highest BCUT2D eigenvalue weighted by Gasteiger charge is 2.26.